The van der Waals surface area contributed by atoms with Crippen molar-refractivity contribution in [3.63, 3.8) is 0 Å². The highest BCUT2D eigenvalue weighted by molar-refractivity contribution is 6.02. The van der Waals surface area contributed by atoms with Crippen LogP contribution in [0.2, 0.25) is 0 Å². The van der Waals surface area contributed by atoms with Crippen LogP contribution in [0.4, 0.5) is 5.69 Å². The van der Waals surface area contributed by atoms with Gasteiger partial charge in [-0.2, -0.15) is 0 Å². The molecule has 2 aromatic carbocycles. The van der Waals surface area contributed by atoms with Crippen LogP contribution in [0, 0.1) is 17.8 Å². The summed E-state index contributed by atoms with van der Waals surface area (Å²) in [5, 5.41) is 6.32. The number of carbonyl (C=O) groups is 3. The third kappa shape index (κ3) is 5.60. The molecule has 1 aliphatic carbocycles. The van der Waals surface area contributed by atoms with Gasteiger partial charge >= 0.3 is 0 Å². The summed E-state index contributed by atoms with van der Waals surface area (Å²) in [7, 11) is 3.17. The smallest absolute Gasteiger partial charge is 0.246 e. The third-order valence-electron chi connectivity index (χ3n) is 10.3. The molecule has 7 atom stereocenters. The first kappa shape index (κ1) is 31.1. The van der Waals surface area contributed by atoms with Crippen LogP contribution in [0.3, 0.4) is 0 Å². The van der Waals surface area contributed by atoms with Gasteiger partial charge in [0.05, 0.1) is 32.2 Å². The average Bonchev–Trinajstić information content (AvgIpc) is 3.68. The fraction of sp³-hybridized carbons (Fsp3) is 0.528. The number of fused-ring (bicyclic) bond motifs is 1. The Morgan fingerprint density at radius 1 is 1.02 bits per heavy atom. The van der Waals surface area contributed by atoms with Crippen molar-refractivity contribution in [1.29, 1.82) is 0 Å². The molecule has 0 radical (unpaired) electrons. The SMILES string of the molecule is COc1ccc(CCN2C(=O)[C@H]3[C@H](C(=O)Nc4ccc(C(C)C)cc4)[C@H]4C=C[C@@]3(O4)[C@@H]2C(=O)N[C@H]2CCCC[C@H]2C)cc1OC. The minimum absolute atomic E-state index is 0.0417. The maximum Gasteiger partial charge on any atom is 0.246 e. The first-order valence-corrected chi connectivity index (χ1v) is 16.3. The monoisotopic (exact) mass is 615 g/mol. The fourth-order valence-corrected chi connectivity index (χ4v) is 7.76. The Morgan fingerprint density at radius 2 is 1.76 bits per heavy atom. The van der Waals surface area contributed by atoms with Gasteiger partial charge in [-0.25, -0.2) is 0 Å². The number of ether oxygens (including phenoxy) is 3. The zero-order valence-electron chi connectivity index (χ0n) is 26.9. The van der Waals surface area contributed by atoms with Crippen LogP contribution in [0.25, 0.3) is 0 Å². The number of likely N-dealkylation sites (tertiary alicyclic amines) is 1. The number of carbonyl (C=O) groups excluding carboxylic acids is 3. The van der Waals surface area contributed by atoms with E-state index in [1.165, 1.54) is 5.56 Å². The average molecular weight is 616 g/mol. The summed E-state index contributed by atoms with van der Waals surface area (Å²) in [6.45, 7) is 6.70. The van der Waals surface area contributed by atoms with Crippen molar-refractivity contribution < 1.29 is 28.6 Å². The molecule has 9 nitrogen and oxygen atoms in total. The molecule has 2 saturated heterocycles. The lowest BCUT2D eigenvalue weighted by Crippen LogP contribution is -2.57. The van der Waals surface area contributed by atoms with Crippen molar-refractivity contribution in [2.24, 2.45) is 17.8 Å². The number of methoxy groups -OCH3 is 2. The molecule has 9 heteroatoms. The lowest BCUT2D eigenvalue weighted by molar-refractivity contribution is -0.141. The Balaban J connectivity index is 1.28. The molecular formula is C36H45N3O6. The second-order valence-electron chi connectivity index (χ2n) is 13.3. The maximum atomic E-state index is 14.4. The molecule has 2 aromatic rings. The molecule has 3 aliphatic heterocycles. The van der Waals surface area contributed by atoms with E-state index in [0.29, 0.717) is 35.4 Å². The number of nitrogens with zero attached hydrogens (tertiary/aromatic N) is 1. The van der Waals surface area contributed by atoms with E-state index in [9.17, 15) is 14.4 Å². The first-order chi connectivity index (χ1) is 21.7. The second-order valence-corrected chi connectivity index (χ2v) is 13.3. The Labute approximate surface area is 265 Å². The molecule has 45 heavy (non-hydrogen) atoms. The standard InChI is InChI=1S/C36H45N3O6/c1-21(2)24-11-13-25(14-12-24)37-33(40)30-28-16-18-36(45-28)31(30)35(42)39(19-17-23-10-15-27(43-4)29(20-23)44-5)32(36)34(41)38-26-9-7-6-8-22(26)3/h10-16,18,20-22,26,28,30-32H,6-9,17,19H2,1-5H3,(H,37,40)(H,38,41)/t22-,26+,28-,30-,31-,32+,36+/m1/s1. The van der Waals surface area contributed by atoms with Crippen LogP contribution in [-0.2, 0) is 25.5 Å². The van der Waals surface area contributed by atoms with E-state index in [2.05, 4.69) is 31.4 Å². The summed E-state index contributed by atoms with van der Waals surface area (Å²) in [6.07, 6.45) is 7.83. The number of anilines is 1. The molecule has 3 fully saturated rings. The Hall–Kier alpha value is -3.85. The number of amides is 3. The lowest BCUT2D eigenvalue weighted by atomic mass is 9.74. The minimum atomic E-state index is -1.20. The van der Waals surface area contributed by atoms with E-state index in [1.54, 1.807) is 19.1 Å². The lowest BCUT2D eigenvalue weighted by Gasteiger charge is -2.36. The van der Waals surface area contributed by atoms with Crippen LogP contribution in [0.15, 0.2) is 54.6 Å². The highest BCUT2D eigenvalue weighted by Crippen LogP contribution is 2.55. The number of rotatable bonds is 10. The third-order valence-corrected chi connectivity index (χ3v) is 10.3. The molecule has 0 aromatic heterocycles. The highest BCUT2D eigenvalue weighted by atomic mass is 16.5. The number of benzene rings is 2. The summed E-state index contributed by atoms with van der Waals surface area (Å²) in [5.41, 5.74) is 1.58. The van der Waals surface area contributed by atoms with E-state index >= 15 is 0 Å². The van der Waals surface area contributed by atoms with Crippen LogP contribution >= 0.6 is 0 Å². The van der Waals surface area contributed by atoms with Gasteiger partial charge in [0.1, 0.15) is 11.6 Å². The topological polar surface area (TPSA) is 106 Å². The van der Waals surface area contributed by atoms with Crippen molar-refractivity contribution in [3.05, 3.63) is 65.7 Å². The first-order valence-electron chi connectivity index (χ1n) is 16.3. The van der Waals surface area contributed by atoms with Gasteiger partial charge in [-0.05, 0) is 66.5 Å². The Bertz CT molecular complexity index is 1470. The number of hydrogen-bond acceptors (Lipinski definition) is 6. The Morgan fingerprint density at radius 3 is 2.44 bits per heavy atom. The van der Waals surface area contributed by atoms with Gasteiger partial charge in [0, 0.05) is 18.3 Å². The largest absolute Gasteiger partial charge is 0.493 e. The quantitative estimate of drug-likeness (QED) is 0.370. The van der Waals surface area contributed by atoms with Gasteiger partial charge in [-0.15, -0.1) is 0 Å². The van der Waals surface area contributed by atoms with Crippen LogP contribution in [-0.4, -0.2) is 67.2 Å². The second kappa shape index (κ2) is 12.5. The summed E-state index contributed by atoms with van der Waals surface area (Å²) in [4.78, 5) is 44.1. The van der Waals surface area contributed by atoms with Crippen molar-refractivity contribution >= 4 is 23.4 Å². The molecule has 0 unspecified atom stereocenters. The molecular weight excluding hydrogens is 570 g/mol. The zero-order valence-corrected chi connectivity index (χ0v) is 26.9. The van der Waals surface area contributed by atoms with Crippen molar-refractivity contribution in [3.8, 4) is 11.5 Å². The highest BCUT2D eigenvalue weighted by Gasteiger charge is 2.72. The van der Waals surface area contributed by atoms with Crippen LogP contribution in [0.1, 0.15) is 63.5 Å². The van der Waals surface area contributed by atoms with Gasteiger partial charge in [-0.3, -0.25) is 14.4 Å². The predicted octanol–water partition coefficient (Wildman–Crippen LogP) is 4.85. The zero-order chi connectivity index (χ0) is 31.9. The summed E-state index contributed by atoms with van der Waals surface area (Å²) in [6, 6.07) is 12.6. The molecule has 240 valence electrons. The van der Waals surface area contributed by atoms with E-state index in [-0.39, 0.29) is 30.3 Å². The van der Waals surface area contributed by atoms with Gasteiger partial charge in [0.2, 0.25) is 17.7 Å². The number of nitrogens with one attached hydrogen (secondary N) is 2. The van der Waals surface area contributed by atoms with E-state index in [1.807, 2.05) is 54.6 Å². The summed E-state index contributed by atoms with van der Waals surface area (Å²) >= 11 is 0. The van der Waals surface area contributed by atoms with Crippen molar-refractivity contribution in [1.82, 2.24) is 10.2 Å². The van der Waals surface area contributed by atoms with E-state index < -0.39 is 29.6 Å². The molecule has 2 N–H and O–H groups in total. The van der Waals surface area contributed by atoms with Crippen LogP contribution in [0.5, 0.6) is 11.5 Å². The van der Waals surface area contributed by atoms with Gasteiger partial charge in [-0.1, -0.05) is 64.0 Å². The molecule has 1 saturated carbocycles. The Kier molecular flexibility index (Phi) is 8.66. The molecule has 3 heterocycles. The molecule has 4 aliphatic rings. The minimum Gasteiger partial charge on any atom is -0.493 e. The summed E-state index contributed by atoms with van der Waals surface area (Å²) < 4.78 is 17.4. The molecule has 2 bridgehead atoms. The van der Waals surface area contributed by atoms with Gasteiger partial charge in [0.15, 0.2) is 11.5 Å². The van der Waals surface area contributed by atoms with E-state index in [4.69, 9.17) is 14.2 Å². The molecule has 3 amide bonds. The predicted molar refractivity (Wildman–Crippen MR) is 171 cm³/mol. The van der Waals surface area contributed by atoms with Gasteiger partial charge < -0.3 is 29.7 Å². The van der Waals surface area contributed by atoms with Gasteiger partial charge in [0.25, 0.3) is 0 Å². The van der Waals surface area contributed by atoms with E-state index in [0.717, 1.165) is 31.2 Å². The normalized spacial score (nSPS) is 30.0. The maximum absolute atomic E-state index is 14.4. The van der Waals surface area contributed by atoms with Crippen molar-refractivity contribution in [2.75, 3.05) is 26.1 Å². The van der Waals surface area contributed by atoms with Crippen molar-refractivity contribution in [2.45, 2.75) is 82.6 Å². The van der Waals surface area contributed by atoms with Crippen LogP contribution < -0.4 is 20.1 Å². The number of hydrogen-bond donors (Lipinski definition) is 2. The summed E-state index contributed by atoms with van der Waals surface area (Å²) in [5.74, 6) is -0.319. The fourth-order valence-electron chi connectivity index (χ4n) is 7.76. The molecule has 6 rings (SSSR count). The molecule has 1 spiro atoms.